The van der Waals surface area contributed by atoms with Gasteiger partial charge in [0.1, 0.15) is 0 Å². The van der Waals surface area contributed by atoms with E-state index in [4.69, 9.17) is 17.0 Å². The van der Waals surface area contributed by atoms with Gasteiger partial charge in [-0.1, -0.05) is 0 Å². The van der Waals surface area contributed by atoms with E-state index in [1.807, 2.05) is 0 Å². The molecule has 1 rings (SSSR count). The fraction of sp³-hybridized carbons (Fsp3) is 0.375. The zero-order chi connectivity index (χ0) is 9.84. The molecule has 0 atom stereocenters. The van der Waals surface area contributed by atoms with Crippen molar-refractivity contribution in [1.29, 1.82) is 0 Å². The molecule has 0 aromatic carbocycles. The van der Waals surface area contributed by atoms with Crippen LogP contribution in [0.4, 0.5) is 0 Å². The van der Waals surface area contributed by atoms with Crippen LogP contribution in [0.15, 0.2) is 6.20 Å². The minimum Gasteiger partial charge on any atom is -0.462 e. The van der Waals surface area contributed by atoms with Crippen LogP contribution in [-0.2, 0) is 4.74 Å². The summed E-state index contributed by atoms with van der Waals surface area (Å²) in [5.74, 6) is -0.376. The van der Waals surface area contributed by atoms with Gasteiger partial charge >= 0.3 is 5.97 Å². The van der Waals surface area contributed by atoms with Gasteiger partial charge in [-0.15, -0.1) is 0 Å². The Morgan fingerprint density at radius 3 is 3.00 bits per heavy atom. The van der Waals surface area contributed by atoms with Gasteiger partial charge in [0.15, 0.2) is 4.77 Å². The van der Waals surface area contributed by atoms with Gasteiger partial charge in [0, 0.05) is 11.9 Å². The summed E-state index contributed by atoms with van der Waals surface area (Å²) in [5, 5.41) is 0. The van der Waals surface area contributed by atoms with E-state index in [0.29, 0.717) is 22.6 Å². The number of carbonyl (C=O) groups is 1. The molecule has 0 aliphatic rings. The summed E-state index contributed by atoms with van der Waals surface area (Å²) >= 11 is 4.79. The van der Waals surface area contributed by atoms with Gasteiger partial charge in [-0.2, -0.15) is 0 Å². The smallest absolute Gasteiger partial charge is 0.341 e. The molecule has 0 radical (unpaired) electrons. The largest absolute Gasteiger partial charge is 0.462 e. The van der Waals surface area contributed by atoms with Gasteiger partial charge in [-0.3, -0.25) is 0 Å². The standard InChI is InChI=1S/C8H10N2O2S/c1-3-12-7(11)6-4-9-8(13)10-5(6)2/h4H,3H2,1-2H3,(H,9,10,13). The molecule has 0 amide bonds. The highest BCUT2D eigenvalue weighted by Crippen LogP contribution is 2.04. The second kappa shape index (κ2) is 4.13. The van der Waals surface area contributed by atoms with Crippen molar-refractivity contribution in [2.75, 3.05) is 6.61 Å². The first kappa shape index (κ1) is 9.85. The third-order valence-corrected chi connectivity index (χ3v) is 1.71. The lowest BCUT2D eigenvalue weighted by Gasteiger charge is -2.03. The van der Waals surface area contributed by atoms with Crippen molar-refractivity contribution in [3.05, 3.63) is 22.2 Å². The van der Waals surface area contributed by atoms with E-state index in [2.05, 4.69) is 9.97 Å². The van der Waals surface area contributed by atoms with E-state index in [1.54, 1.807) is 13.8 Å². The number of carbonyl (C=O) groups excluding carboxylic acids is 1. The summed E-state index contributed by atoms with van der Waals surface area (Å²) < 4.78 is 5.18. The molecule has 13 heavy (non-hydrogen) atoms. The Kier molecular flexibility index (Phi) is 3.13. The van der Waals surface area contributed by atoms with Crippen molar-refractivity contribution in [3.8, 4) is 0 Å². The molecule has 1 N–H and O–H groups in total. The molecule has 0 spiro atoms. The van der Waals surface area contributed by atoms with Gasteiger partial charge in [0.05, 0.1) is 12.2 Å². The molecule has 1 aromatic heterocycles. The number of nitrogens with zero attached hydrogens (tertiary/aromatic N) is 1. The first-order chi connectivity index (χ1) is 6.15. The lowest BCUT2D eigenvalue weighted by atomic mass is 10.2. The van der Waals surface area contributed by atoms with Crippen LogP contribution < -0.4 is 0 Å². The maximum Gasteiger partial charge on any atom is 0.341 e. The first-order valence-electron chi connectivity index (χ1n) is 3.88. The Balaban J connectivity index is 3.02. The number of aryl methyl sites for hydroxylation is 1. The number of hydrogen-bond acceptors (Lipinski definition) is 4. The highest BCUT2D eigenvalue weighted by molar-refractivity contribution is 7.71. The SMILES string of the molecule is CCOC(=O)c1cnc(=S)[nH]c1C. The monoisotopic (exact) mass is 198 g/mol. The second-order valence-electron chi connectivity index (χ2n) is 2.45. The lowest BCUT2D eigenvalue weighted by Crippen LogP contribution is -2.08. The molecule has 0 aliphatic heterocycles. The third-order valence-electron chi connectivity index (χ3n) is 1.50. The van der Waals surface area contributed by atoms with Crippen LogP contribution in [0.25, 0.3) is 0 Å². The maximum atomic E-state index is 11.3. The molecule has 0 aliphatic carbocycles. The summed E-state index contributed by atoms with van der Waals surface area (Å²) in [6, 6.07) is 0. The van der Waals surface area contributed by atoms with E-state index in [1.165, 1.54) is 6.20 Å². The number of rotatable bonds is 2. The Hall–Kier alpha value is -1.23. The molecular formula is C8H10N2O2S. The molecular weight excluding hydrogens is 188 g/mol. The second-order valence-corrected chi connectivity index (χ2v) is 2.83. The highest BCUT2D eigenvalue weighted by Gasteiger charge is 2.09. The van der Waals surface area contributed by atoms with E-state index >= 15 is 0 Å². The summed E-state index contributed by atoms with van der Waals surface area (Å²) in [6.07, 6.45) is 1.42. The van der Waals surface area contributed by atoms with Crippen LogP contribution in [0, 0.1) is 11.7 Å². The van der Waals surface area contributed by atoms with Crippen molar-refractivity contribution in [1.82, 2.24) is 9.97 Å². The predicted octanol–water partition coefficient (Wildman–Crippen LogP) is 1.62. The van der Waals surface area contributed by atoms with Gasteiger partial charge in [-0.05, 0) is 26.1 Å². The molecule has 4 nitrogen and oxygen atoms in total. The number of aromatic nitrogens is 2. The van der Waals surface area contributed by atoms with Crippen LogP contribution >= 0.6 is 12.2 Å². The molecule has 0 fully saturated rings. The van der Waals surface area contributed by atoms with Crippen LogP contribution in [0.3, 0.4) is 0 Å². The quantitative estimate of drug-likeness (QED) is 0.579. The molecule has 70 valence electrons. The fourth-order valence-electron chi connectivity index (χ4n) is 0.895. The van der Waals surface area contributed by atoms with Crippen molar-refractivity contribution in [2.45, 2.75) is 13.8 Å². The van der Waals surface area contributed by atoms with Gasteiger partial charge in [-0.25, -0.2) is 9.78 Å². The number of ether oxygens (including phenoxy) is 1. The predicted molar refractivity (Wildman–Crippen MR) is 50.1 cm³/mol. The molecule has 1 heterocycles. The highest BCUT2D eigenvalue weighted by atomic mass is 32.1. The average molecular weight is 198 g/mol. The van der Waals surface area contributed by atoms with Crippen molar-refractivity contribution in [3.63, 3.8) is 0 Å². The van der Waals surface area contributed by atoms with Crippen molar-refractivity contribution in [2.24, 2.45) is 0 Å². The van der Waals surface area contributed by atoms with Gasteiger partial charge < -0.3 is 9.72 Å². The topological polar surface area (TPSA) is 55.0 Å². The van der Waals surface area contributed by atoms with Gasteiger partial charge in [0.2, 0.25) is 0 Å². The summed E-state index contributed by atoms with van der Waals surface area (Å²) in [7, 11) is 0. The first-order valence-corrected chi connectivity index (χ1v) is 4.29. The van der Waals surface area contributed by atoms with Gasteiger partial charge in [0.25, 0.3) is 0 Å². The van der Waals surface area contributed by atoms with E-state index in [9.17, 15) is 4.79 Å². The summed E-state index contributed by atoms with van der Waals surface area (Å²) in [5.41, 5.74) is 1.11. The zero-order valence-corrected chi connectivity index (χ0v) is 8.27. The summed E-state index contributed by atoms with van der Waals surface area (Å²) in [4.78, 5) is 17.8. The van der Waals surface area contributed by atoms with E-state index in [0.717, 1.165) is 0 Å². The van der Waals surface area contributed by atoms with Crippen molar-refractivity contribution >= 4 is 18.2 Å². The molecule has 5 heteroatoms. The Morgan fingerprint density at radius 2 is 2.46 bits per heavy atom. The van der Waals surface area contributed by atoms with E-state index in [-0.39, 0.29) is 5.97 Å². The Bertz CT molecular complexity index is 373. The fourth-order valence-corrected chi connectivity index (χ4v) is 1.10. The number of aromatic amines is 1. The van der Waals surface area contributed by atoms with Crippen LogP contribution in [0.1, 0.15) is 23.0 Å². The number of nitrogens with one attached hydrogen (secondary N) is 1. The third kappa shape index (κ3) is 2.35. The molecule has 0 unspecified atom stereocenters. The normalized spacial score (nSPS) is 9.69. The minimum atomic E-state index is -0.376. The molecule has 1 aromatic rings. The zero-order valence-electron chi connectivity index (χ0n) is 7.46. The summed E-state index contributed by atoms with van der Waals surface area (Å²) in [6.45, 7) is 3.86. The van der Waals surface area contributed by atoms with E-state index < -0.39 is 0 Å². The Labute approximate surface area is 81.0 Å². The van der Waals surface area contributed by atoms with Crippen LogP contribution in [0.5, 0.6) is 0 Å². The molecule has 0 saturated heterocycles. The van der Waals surface area contributed by atoms with Crippen LogP contribution in [0.2, 0.25) is 0 Å². The molecule has 0 bridgehead atoms. The van der Waals surface area contributed by atoms with Crippen molar-refractivity contribution < 1.29 is 9.53 Å². The number of H-pyrrole nitrogens is 1. The Morgan fingerprint density at radius 1 is 1.77 bits per heavy atom. The maximum absolute atomic E-state index is 11.3. The van der Waals surface area contributed by atoms with Crippen LogP contribution in [-0.4, -0.2) is 22.5 Å². The minimum absolute atomic E-state index is 0.355. The number of hydrogen-bond donors (Lipinski definition) is 1. The average Bonchev–Trinajstić information content (AvgIpc) is 2.04. The molecule has 0 saturated carbocycles. The lowest BCUT2D eigenvalue weighted by molar-refractivity contribution is 0.0524. The number of esters is 1.